The van der Waals surface area contributed by atoms with Gasteiger partial charge in [-0.15, -0.1) is 0 Å². The maximum atomic E-state index is 14.5. The average molecular weight is 469 g/mol. The van der Waals surface area contributed by atoms with Crippen LogP contribution in [0.1, 0.15) is 16.2 Å². The molecule has 0 aliphatic carbocycles. The van der Waals surface area contributed by atoms with Crippen LogP contribution in [0.15, 0.2) is 48.8 Å². The highest BCUT2D eigenvalue weighted by atomic mass is 35.5. The first-order valence-corrected chi connectivity index (χ1v) is 9.95. The number of halogens is 4. The minimum Gasteiger partial charge on any atom is -0.478 e. The van der Waals surface area contributed by atoms with Gasteiger partial charge in [-0.3, -0.25) is 9.55 Å². The number of imidazole rings is 1. The molecule has 2 aromatic carbocycles. The van der Waals surface area contributed by atoms with Crippen molar-refractivity contribution in [2.45, 2.75) is 6.92 Å². The molecule has 0 aliphatic heterocycles. The number of benzene rings is 2. The van der Waals surface area contributed by atoms with E-state index in [-0.39, 0.29) is 38.3 Å². The minimum absolute atomic E-state index is 0.0260. The van der Waals surface area contributed by atoms with Crippen molar-refractivity contribution in [3.05, 3.63) is 82.8 Å². The number of pyridine rings is 2. The van der Waals surface area contributed by atoms with E-state index in [0.717, 1.165) is 6.20 Å². The first-order valence-electron chi connectivity index (χ1n) is 9.57. The number of carboxylic acids is 1. The number of carbonyl (C=O) groups is 1. The molecule has 0 aliphatic rings. The van der Waals surface area contributed by atoms with Gasteiger partial charge in [0.15, 0.2) is 5.82 Å². The van der Waals surface area contributed by atoms with E-state index in [2.05, 4.69) is 15.0 Å². The van der Waals surface area contributed by atoms with Crippen LogP contribution in [0.4, 0.5) is 13.2 Å². The molecule has 10 heteroatoms. The number of rotatable bonds is 3. The van der Waals surface area contributed by atoms with Crippen LogP contribution >= 0.6 is 11.6 Å². The number of aromatic carboxylic acids is 1. The summed E-state index contributed by atoms with van der Waals surface area (Å²) < 4.78 is 44.3. The second-order valence-electron chi connectivity index (χ2n) is 7.24. The number of aryl methyl sites for hydroxylation is 1. The summed E-state index contributed by atoms with van der Waals surface area (Å²) in [6.45, 7) is 1.64. The number of hydrogen-bond donors (Lipinski definition) is 1. The molecule has 5 aromatic rings. The Labute approximate surface area is 188 Å². The topological polar surface area (TPSA) is 80.9 Å². The molecular formula is C23H12ClF3N4O2. The van der Waals surface area contributed by atoms with Gasteiger partial charge in [0.1, 0.15) is 22.7 Å². The maximum absolute atomic E-state index is 14.5. The number of carboxylic acid groups (broad SMARTS) is 1. The highest BCUT2D eigenvalue weighted by Gasteiger charge is 2.22. The molecule has 5 rings (SSSR count). The van der Waals surface area contributed by atoms with Crippen molar-refractivity contribution in [2.24, 2.45) is 0 Å². The Hall–Kier alpha value is -3.98. The van der Waals surface area contributed by atoms with Crippen LogP contribution in [0.2, 0.25) is 5.02 Å². The monoisotopic (exact) mass is 468 g/mol. The summed E-state index contributed by atoms with van der Waals surface area (Å²) in [5.41, 5.74) is 0.563. The van der Waals surface area contributed by atoms with Gasteiger partial charge < -0.3 is 5.11 Å². The third-order valence-electron chi connectivity index (χ3n) is 5.33. The van der Waals surface area contributed by atoms with Gasteiger partial charge in [0.25, 0.3) is 0 Å². The van der Waals surface area contributed by atoms with Crippen molar-refractivity contribution in [3.63, 3.8) is 0 Å². The SMILES string of the molecule is Cc1nc2c(C(=O)O)cc(-c3ccnc(F)c3F)cc2n1-c1ccnc2c(F)ccc(Cl)c12. The highest BCUT2D eigenvalue weighted by molar-refractivity contribution is 6.36. The van der Waals surface area contributed by atoms with E-state index >= 15 is 0 Å². The van der Waals surface area contributed by atoms with Crippen LogP contribution in [-0.4, -0.2) is 30.6 Å². The summed E-state index contributed by atoms with van der Waals surface area (Å²) in [5, 5.41) is 10.3. The van der Waals surface area contributed by atoms with Gasteiger partial charge in [0, 0.05) is 23.3 Å². The van der Waals surface area contributed by atoms with E-state index in [1.807, 2.05) is 0 Å². The fraction of sp³-hybridized carbons (Fsp3) is 0.0435. The highest BCUT2D eigenvalue weighted by Crippen LogP contribution is 2.35. The smallest absolute Gasteiger partial charge is 0.337 e. The van der Waals surface area contributed by atoms with Crippen molar-refractivity contribution in [1.82, 2.24) is 19.5 Å². The summed E-state index contributed by atoms with van der Waals surface area (Å²) in [4.78, 5) is 23.7. The zero-order valence-corrected chi connectivity index (χ0v) is 17.5. The fourth-order valence-electron chi connectivity index (χ4n) is 3.92. The Bertz CT molecular complexity index is 1620. The predicted molar refractivity (Wildman–Crippen MR) is 116 cm³/mol. The van der Waals surface area contributed by atoms with Crippen molar-refractivity contribution in [1.29, 1.82) is 0 Å². The Morgan fingerprint density at radius 1 is 1.03 bits per heavy atom. The van der Waals surface area contributed by atoms with Gasteiger partial charge in [-0.05, 0) is 48.9 Å². The normalized spacial score (nSPS) is 11.4. The third kappa shape index (κ3) is 3.20. The van der Waals surface area contributed by atoms with E-state index in [1.54, 1.807) is 17.6 Å². The van der Waals surface area contributed by atoms with Crippen LogP contribution in [0, 0.1) is 24.5 Å². The lowest BCUT2D eigenvalue weighted by molar-refractivity contribution is 0.0699. The van der Waals surface area contributed by atoms with Gasteiger partial charge in [-0.2, -0.15) is 4.39 Å². The molecule has 0 amide bonds. The maximum Gasteiger partial charge on any atom is 0.337 e. The molecule has 0 spiro atoms. The summed E-state index contributed by atoms with van der Waals surface area (Å²) in [5.74, 6) is -4.03. The molecule has 0 radical (unpaired) electrons. The van der Waals surface area contributed by atoms with E-state index in [9.17, 15) is 23.1 Å². The van der Waals surface area contributed by atoms with Gasteiger partial charge in [-0.25, -0.2) is 23.5 Å². The molecule has 3 heterocycles. The first kappa shape index (κ1) is 20.9. The molecule has 0 saturated heterocycles. The fourth-order valence-corrected chi connectivity index (χ4v) is 4.17. The van der Waals surface area contributed by atoms with Gasteiger partial charge in [0.2, 0.25) is 5.95 Å². The number of nitrogens with zero attached hydrogens (tertiary/aromatic N) is 4. The van der Waals surface area contributed by atoms with Crippen LogP contribution in [0.3, 0.4) is 0 Å². The van der Waals surface area contributed by atoms with Crippen molar-refractivity contribution < 1.29 is 23.1 Å². The van der Waals surface area contributed by atoms with Crippen molar-refractivity contribution in [3.8, 4) is 16.8 Å². The lowest BCUT2D eigenvalue weighted by Gasteiger charge is -2.13. The summed E-state index contributed by atoms with van der Waals surface area (Å²) in [6.07, 6.45) is 2.47. The Morgan fingerprint density at radius 2 is 1.79 bits per heavy atom. The van der Waals surface area contributed by atoms with Gasteiger partial charge in [-0.1, -0.05) is 11.6 Å². The number of aromatic nitrogens is 4. The van der Waals surface area contributed by atoms with Gasteiger partial charge >= 0.3 is 5.97 Å². The third-order valence-corrected chi connectivity index (χ3v) is 5.64. The standard InChI is InChI=1S/C23H12ClF3N4O2/c1-10-30-20-13(23(32)33)8-11(12-4-6-29-22(27)19(12)26)9-17(20)31(10)16-5-7-28-21-15(25)3-2-14(24)18(16)21/h2-9H,1H3,(H,32,33). The van der Waals surface area contributed by atoms with E-state index < -0.39 is 23.6 Å². The molecule has 0 unspecified atom stereocenters. The van der Waals surface area contributed by atoms with Gasteiger partial charge in [0.05, 0.1) is 21.8 Å². The molecule has 3 aromatic heterocycles. The molecule has 0 saturated carbocycles. The molecular weight excluding hydrogens is 457 g/mol. The molecule has 1 N–H and O–H groups in total. The first-order chi connectivity index (χ1) is 15.8. The predicted octanol–water partition coefficient (Wildman–Crippen LogP) is 5.71. The van der Waals surface area contributed by atoms with Crippen LogP contribution in [0.5, 0.6) is 0 Å². The molecule has 164 valence electrons. The Kier molecular flexibility index (Phi) is 4.79. The lowest BCUT2D eigenvalue weighted by Crippen LogP contribution is -2.02. The molecule has 0 fully saturated rings. The largest absolute Gasteiger partial charge is 0.478 e. The zero-order chi connectivity index (χ0) is 23.4. The second-order valence-corrected chi connectivity index (χ2v) is 7.64. The Morgan fingerprint density at radius 3 is 2.55 bits per heavy atom. The number of hydrogen-bond acceptors (Lipinski definition) is 4. The van der Waals surface area contributed by atoms with E-state index in [0.29, 0.717) is 16.9 Å². The minimum atomic E-state index is -1.31. The zero-order valence-electron chi connectivity index (χ0n) is 16.8. The molecule has 33 heavy (non-hydrogen) atoms. The summed E-state index contributed by atoms with van der Waals surface area (Å²) >= 11 is 6.37. The molecule has 0 bridgehead atoms. The quantitative estimate of drug-likeness (QED) is 0.343. The van der Waals surface area contributed by atoms with E-state index in [1.165, 1.54) is 36.5 Å². The molecule has 6 nitrogen and oxygen atoms in total. The average Bonchev–Trinajstić information content (AvgIpc) is 3.12. The van der Waals surface area contributed by atoms with Crippen molar-refractivity contribution >= 4 is 39.5 Å². The number of fused-ring (bicyclic) bond motifs is 2. The lowest BCUT2D eigenvalue weighted by atomic mass is 10.0. The second kappa shape index (κ2) is 7.56. The van der Waals surface area contributed by atoms with Crippen LogP contribution < -0.4 is 0 Å². The Balaban J connectivity index is 1.92. The summed E-state index contributed by atoms with van der Waals surface area (Å²) in [7, 11) is 0. The van der Waals surface area contributed by atoms with Crippen LogP contribution in [-0.2, 0) is 0 Å². The van der Waals surface area contributed by atoms with Crippen LogP contribution in [0.25, 0.3) is 38.8 Å². The molecule has 0 atom stereocenters. The van der Waals surface area contributed by atoms with Crippen molar-refractivity contribution in [2.75, 3.05) is 0 Å². The summed E-state index contributed by atoms with van der Waals surface area (Å²) in [6, 6.07) is 8.12. The van der Waals surface area contributed by atoms with E-state index in [4.69, 9.17) is 11.6 Å².